The van der Waals surface area contributed by atoms with Gasteiger partial charge in [0.05, 0.1) is 31.3 Å². The summed E-state index contributed by atoms with van der Waals surface area (Å²) in [5.74, 6) is 0.115. The number of carbonyl (C=O) groups excluding carboxylic acids is 1. The van der Waals surface area contributed by atoms with Crippen LogP contribution in [0.15, 0.2) is 24.3 Å². The van der Waals surface area contributed by atoms with E-state index in [2.05, 4.69) is 19.9 Å². The molecule has 0 saturated carbocycles. The van der Waals surface area contributed by atoms with Gasteiger partial charge in [0, 0.05) is 12.1 Å². The first-order valence-corrected chi connectivity index (χ1v) is 15.5. The molecule has 4 nitrogen and oxygen atoms in total. The Labute approximate surface area is 194 Å². The molecule has 0 aromatic heterocycles. The van der Waals surface area contributed by atoms with Crippen molar-refractivity contribution in [2.75, 3.05) is 6.61 Å². The van der Waals surface area contributed by atoms with E-state index in [9.17, 15) is 9.90 Å². The van der Waals surface area contributed by atoms with Gasteiger partial charge in [0.25, 0.3) is 0 Å². The highest BCUT2D eigenvalue weighted by Gasteiger charge is 2.51. The number of hydrogen-bond acceptors (Lipinski definition) is 3. The third-order valence-electron chi connectivity index (χ3n) is 7.55. The first-order chi connectivity index (χ1) is 15.3. The number of rotatable bonds is 10. The molecule has 1 aromatic carbocycles. The molecule has 2 aliphatic heterocycles. The second kappa shape index (κ2) is 11.3. The quantitative estimate of drug-likeness (QED) is 0.278. The van der Waals surface area contributed by atoms with Crippen LogP contribution in [0.4, 0.5) is 4.11 Å². The average molecular weight is 464 g/mol. The molecule has 1 fully saturated rings. The SMILES string of the molecule is CCCCCCC[C@H]1O[C@@H](CC(=O)N2Cc3ccccc3C[C@H]2CO)[C@H]([Si](C)(C)F)[C@H]1C. The second-order valence-corrected chi connectivity index (χ2v) is 14.2. The second-order valence-electron chi connectivity index (χ2n) is 10.4. The van der Waals surface area contributed by atoms with Crippen LogP contribution in [0.3, 0.4) is 0 Å². The third-order valence-corrected chi connectivity index (χ3v) is 10.0. The Hall–Kier alpha value is -1.24. The maximum atomic E-state index is 15.4. The maximum Gasteiger partial charge on any atom is 0.246 e. The Bertz CT molecular complexity index is 753. The molecule has 0 aliphatic carbocycles. The van der Waals surface area contributed by atoms with Gasteiger partial charge in [0.1, 0.15) is 0 Å². The summed E-state index contributed by atoms with van der Waals surface area (Å²) in [6.07, 6.45) is 7.52. The summed E-state index contributed by atoms with van der Waals surface area (Å²) in [5.41, 5.74) is 2.16. The van der Waals surface area contributed by atoms with Crippen LogP contribution in [-0.2, 0) is 22.5 Å². The van der Waals surface area contributed by atoms with Crippen LogP contribution in [0.25, 0.3) is 0 Å². The molecule has 1 amide bonds. The third kappa shape index (κ3) is 6.00. The molecule has 0 radical (unpaired) electrons. The smallest absolute Gasteiger partial charge is 0.246 e. The van der Waals surface area contributed by atoms with Crippen molar-refractivity contribution in [1.82, 2.24) is 4.90 Å². The van der Waals surface area contributed by atoms with E-state index in [-0.39, 0.29) is 48.6 Å². The van der Waals surface area contributed by atoms with Crippen molar-refractivity contribution in [2.45, 2.75) is 109 Å². The summed E-state index contributed by atoms with van der Waals surface area (Å²) in [7, 11) is -3.00. The van der Waals surface area contributed by atoms with E-state index in [1.54, 1.807) is 18.0 Å². The van der Waals surface area contributed by atoms with Gasteiger partial charge in [-0.05, 0) is 43.0 Å². The van der Waals surface area contributed by atoms with Crippen LogP contribution in [0.1, 0.15) is 69.9 Å². The number of nitrogens with zero attached hydrogens (tertiary/aromatic N) is 1. The van der Waals surface area contributed by atoms with Crippen molar-refractivity contribution in [2.24, 2.45) is 5.92 Å². The van der Waals surface area contributed by atoms with Crippen molar-refractivity contribution in [1.29, 1.82) is 0 Å². The Morgan fingerprint density at radius 1 is 1.16 bits per heavy atom. The lowest BCUT2D eigenvalue weighted by atomic mass is 9.93. The first-order valence-electron chi connectivity index (χ1n) is 12.6. The Balaban J connectivity index is 1.67. The number of amides is 1. The zero-order chi connectivity index (χ0) is 23.3. The number of aliphatic hydroxyl groups is 1. The molecular formula is C26H42FNO3Si. The van der Waals surface area contributed by atoms with Crippen LogP contribution in [0.5, 0.6) is 0 Å². The van der Waals surface area contributed by atoms with E-state index in [0.29, 0.717) is 13.0 Å². The van der Waals surface area contributed by atoms with Crippen LogP contribution >= 0.6 is 0 Å². The minimum absolute atomic E-state index is 0.0254. The van der Waals surface area contributed by atoms with Gasteiger partial charge in [-0.1, -0.05) is 70.2 Å². The van der Waals surface area contributed by atoms with E-state index < -0.39 is 8.41 Å². The van der Waals surface area contributed by atoms with Gasteiger partial charge >= 0.3 is 0 Å². The fraction of sp³-hybridized carbons (Fsp3) is 0.731. The standard InChI is InChI=1S/C26H42FNO3Si/c1-5-6-7-8-9-14-23-19(2)26(32(3,4)27)24(31-23)16-25(30)28-17-21-13-11-10-12-20(21)15-22(28)18-29/h10-13,19,22-24,26,29H,5-9,14-18H2,1-4H3/t19-,22-,23+,24-,26+/m0/s1. The lowest BCUT2D eigenvalue weighted by Crippen LogP contribution is -2.48. The fourth-order valence-electron chi connectivity index (χ4n) is 5.86. The van der Waals surface area contributed by atoms with Crippen molar-refractivity contribution in [3.05, 3.63) is 35.4 Å². The van der Waals surface area contributed by atoms with E-state index in [1.807, 2.05) is 18.2 Å². The summed E-state index contributed by atoms with van der Waals surface area (Å²) in [6, 6.07) is 7.88. The molecule has 0 bridgehead atoms. The van der Waals surface area contributed by atoms with E-state index in [0.717, 1.165) is 18.4 Å². The molecule has 2 heterocycles. The van der Waals surface area contributed by atoms with E-state index in [4.69, 9.17) is 4.74 Å². The highest BCUT2D eigenvalue weighted by atomic mass is 28.4. The minimum Gasteiger partial charge on any atom is -0.394 e. The molecule has 1 aromatic rings. The van der Waals surface area contributed by atoms with Gasteiger partial charge in [-0.3, -0.25) is 4.79 Å². The zero-order valence-electron chi connectivity index (χ0n) is 20.4. The molecule has 1 saturated heterocycles. The lowest BCUT2D eigenvalue weighted by Gasteiger charge is -2.37. The van der Waals surface area contributed by atoms with Crippen molar-refractivity contribution in [3.63, 3.8) is 0 Å². The number of hydrogen-bond donors (Lipinski definition) is 1. The molecule has 32 heavy (non-hydrogen) atoms. The number of ether oxygens (including phenoxy) is 1. The van der Waals surface area contributed by atoms with Gasteiger partial charge in [-0.25, -0.2) is 0 Å². The molecule has 180 valence electrons. The Morgan fingerprint density at radius 3 is 2.50 bits per heavy atom. The Kier molecular flexibility index (Phi) is 8.93. The zero-order valence-corrected chi connectivity index (χ0v) is 21.4. The molecule has 1 N–H and O–H groups in total. The van der Waals surface area contributed by atoms with Crippen LogP contribution in [0, 0.1) is 5.92 Å². The van der Waals surface area contributed by atoms with Gasteiger partial charge < -0.3 is 18.9 Å². The van der Waals surface area contributed by atoms with Crippen LogP contribution in [0.2, 0.25) is 18.6 Å². The number of halogens is 1. The van der Waals surface area contributed by atoms with Crippen LogP contribution < -0.4 is 0 Å². The molecular weight excluding hydrogens is 421 g/mol. The predicted octanol–water partition coefficient (Wildman–Crippen LogP) is 5.63. The fourth-order valence-corrected chi connectivity index (χ4v) is 8.40. The molecule has 0 unspecified atom stereocenters. The van der Waals surface area contributed by atoms with Crippen molar-refractivity contribution < 1.29 is 18.7 Å². The van der Waals surface area contributed by atoms with E-state index in [1.165, 1.54) is 31.2 Å². The molecule has 5 atom stereocenters. The monoisotopic (exact) mass is 463 g/mol. The summed E-state index contributed by atoms with van der Waals surface area (Å²) in [6.45, 7) is 8.29. The average Bonchev–Trinajstić information content (AvgIpc) is 3.07. The first kappa shape index (κ1) is 25.4. The topological polar surface area (TPSA) is 49.8 Å². The highest BCUT2D eigenvalue weighted by Crippen LogP contribution is 2.47. The normalized spacial score (nSPS) is 28.1. The molecule has 6 heteroatoms. The van der Waals surface area contributed by atoms with Crippen molar-refractivity contribution >= 4 is 14.3 Å². The summed E-state index contributed by atoms with van der Waals surface area (Å²) >= 11 is 0. The predicted molar refractivity (Wildman–Crippen MR) is 130 cm³/mol. The number of fused-ring (bicyclic) bond motifs is 1. The highest BCUT2D eigenvalue weighted by molar-refractivity contribution is 6.72. The van der Waals surface area contributed by atoms with Gasteiger partial charge in [0.15, 0.2) is 0 Å². The molecule has 2 aliphatic rings. The maximum absolute atomic E-state index is 15.4. The summed E-state index contributed by atoms with van der Waals surface area (Å²) in [4.78, 5) is 15.2. The molecule has 3 rings (SSSR count). The van der Waals surface area contributed by atoms with Gasteiger partial charge in [-0.15, -0.1) is 0 Å². The van der Waals surface area contributed by atoms with Gasteiger partial charge in [0.2, 0.25) is 14.3 Å². The number of carbonyl (C=O) groups is 1. The summed E-state index contributed by atoms with van der Waals surface area (Å²) in [5, 5.41) is 9.94. The van der Waals surface area contributed by atoms with Crippen molar-refractivity contribution in [3.8, 4) is 0 Å². The minimum atomic E-state index is -3.00. The van der Waals surface area contributed by atoms with E-state index >= 15 is 4.11 Å². The lowest BCUT2D eigenvalue weighted by molar-refractivity contribution is -0.138. The largest absolute Gasteiger partial charge is 0.394 e. The van der Waals surface area contributed by atoms with Gasteiger partial charge in [-0.2, -0.15) is 0 Å². The number of aliphatic hydroxyl groups excluding tert-OH is 1. The number of unbranched alkanes of at least 4 members (excludes halogenated alkanes) is 4. The van der Waals surface area contributed by atoms with Crippen LogP contribution in [-0.4, -0.2) is 49.2 Å². The molecule has 0 spiro atoms. The Morgan fingerprint density at radius 2 is 1.84 bits per heavy atom. The summed E-state index contributed by atoms with van der Waals surface area (Å²) < 4.78 is 21.8. The number of benzene rings is 1.